The van der Waals surface area contributed by atoms with E-state index in [4.69, 9.17) is 4.42 Å². The van der Waals surface area contributed by atoms with Crippen molar-refractivity contribution in [1.82, 2.24) is 19.8 Å². The van der Waals surface area contributed by atoms with Crippen LogP contribution in [0.4, 0.5) is 5.69 Å². The fourth-order valence-corrected chi connectivity index (χ4v) is 3.33. The van der Waals surface area contributed by atoms with Gasteiger partial charge in [-0.3, -0.25) is 4.79 Å². The summed E-state index contributed by atoms with van der Waals surface area (Å²) < 4.78 is 6.90. The van der Waals surface area contributed by atoms with Gasteiger partial charge in [0.05, 0.1) is 6.26 Å². The summed E-state index contributed by atoms with van der Waals surface area (Å²) in [5.74, 6) is 0.823. The molecule has 0 aliphatic carbocycles. The van der Waals surface area contributed by atoms with Gasteiger partial charge in [-0.25, -0.2) is 0 Å². The van der Waals surface area contributed by atoms with Crippen molar-refractivity contribution in [2.75, 3.05) is 5.32 Å². The predicted molar refractivity (Wildman–Crippen MR) is 94.9 cm³/mol. The second-order valence-corrected chi connectivity index (χ2v) is 6.49. The number of carbonyl (C=O) groups is 1. The second kappa shape index (κ2) is 6.14. The summed E-state index contributed by atoms with van der Waals surface area (Å²) in [4.78, 5) is 13.0. The molecule has 0 unspecified atom stereocenters. The van der Waals surface area contributed by atoms with Gasteiger partial charge in [0.15, 0.2) is 11.6 Å². The van der Waals surface area contributed by atoms with Crippen molar-refractivity contribution < 1.29 is 9.21 Å². The number of nitrogens with zero attached hydrogens (tertiary/aromatic N) is 4. The summed E-state index contributed by atoms with van der Waals surface area (Å²) in [5.41, 5.74) is 2.60. The molecular weight excluding hydrogens is 338 g/mol. The van der Waals surface area contributed by atoms with E-state index in [1.807, 2.05) is 32.0 Å². The quantitative estimate of drug-likeness (QED) is 0.606. The van der Waals surface area contributed by atoms with E-state index in [-0.39, 0.29) is 11.7 Å². The van der Waals surface area contributed by atoms with Crippen molar-refractivity contribution in [3.8, 4) is 10.6 Å². The molecule has 0 saturated heterocycles. The number of hydrogen-bond donors (Lipinski definition) is 1. The van der Waals surface area contributed by atoms with Crippen LogP contribution in [-0.2, 0) is 6.42 Å². The number of carbonyl (C=O) groups excluding carboxylic acids is 1. The number of aryl methyl sites for hydroxylation is 2. The monoisotopic (exact) mass is 353 g/mol. The number of aromatic nitrogens is 4. The first kappa shape index (κ1) is 15.5. The molecule has 4 aromatic rings. The van der Waals surface area contributed by atoms with Gasteiger partial charge < -0.3 is 9.73 Å². The van der Waals surface area contributed by atoms with Gasteiger partial charge in [-0.2, -0.15) is 9.61 Å². The Morgan fingerprint density at radius 1 is 1.32 bits per heavy atom. The van der Waals surface area contributed by atoms with Gasteiger partial charge in [0.25, 0.3) is 5.91 Å². The van der Waals surface area contributed by atoms with Crippen LogP contribution >= 0.6 is 11.3 Å². The van der Waals surface area contributed by atoms with Crippen LogP contribution in [0, 0.1) is 6.92 Å². The Hall–Kier alpha value is -3.00. The molecule has 0 fully saturated rings. The zero-order valence-electron chi connectivity index (χ0n) is 13.7. The summed E-state index contributed by atoms with van der Waals surface area (Å²) in [6.07, 6.45) is 2.24. The summed E-state index contributed by atoms with van der Waals surface area (Å²) in [5, 5.41) is 16.5. The van der Waals surface area contributed by atoms with E-state index in [1.165, 1.54) is 17.6 Å². The minimum atomic E-state index is -0.281. The highest BCUT2D eigenvalue weighted by Gasteiger charge is 2.14. The number of nitrogens with one attached hydrogen (secondary N) is 1. The Morgan fingerprint density at radius 3 is 2.96 bits per heavy atom. The number of amides is 1. The standard InChI is InChI=1S/C17H15N5O2S/c1-3-14-19-20-17-22(14)21-16(25-17)11-7-6-10(2)12(9-11)18-15(23)13-5-4-8-24-13/h4-9H,3H2,1-2H3,(H,18,23). The van der Waals surface area contributed by atoms with Crippen LogP contribution in [0.5, 0.6) is 0 Å². The molecule has 4 rings (SSSR count). The van der Waals surface area contributed by atoms with E-state index in [0.29, 0.717) is 0 Å². The van der Waals surface area contributed by atoms with Crippen LogP contribution in [-0.4, -0.2) is 25.7 Å². The third-order valence-electron chi connectivity index (χ3n) is 3.85. The van der Waals surface area contributed by atoms with Gasteiger partial charge >= 0.3 is 0 Å². The molecule has 0 aliphatic rings. The summed E-state index contributed by atoms with van der Waals surface area (Å²) in [6, 6.07) is 9.16. The van der Waals surface area contributed by atoms with E-state index >= 15 is 0 Å². The van der Waals surface area contributed by atoms with Crippen LogP contribution in [0.25, 0.3) is 15.5 Å². The average Bonchev–Trinajstić information content (AvgIpc) is 3.33. The summed E-state index contributed by atoms with van der Waals surface area (Å²) in [7, 11) is 0. The zero-order chi connectivity index (χ0) is 17.4. The Labute approximate surface area is 147 Å². The molecule has 3 heterocycles. The van der Waals surface area contributed by atoms with Crippen molar-refractivity contribution in [3.63, 3.8) is 0 Å². The van der Waals surface area contributed by atoms with Crippen molar-refractivity contribution in [1.29, 1.82) is 0 Å². The average molecular weight is 353 g/mol. The summed E-state index contributed by atoms with van der Waals surface area (Å²) >= 11 is 1.46. The van der Waals surface area contributed by atoms with Gasteiger partial charge in [-0.15, -0.1) is 10.2 Å². The van der Waals surface area contributed by atoms with Crippen LogP contribution < -0.4 is 5.32 Å². The highest BCUT2D eigenvalue weighted by atomic mass is 32.1. The molecule has 8 heteroatoms. The lowest BCUT2D eigenvalue weighted by molar-refractivity contribution is 0.0996. The largest absolute Gasteiger partial charge is 0.459 e. The number of benzene rings is 1. The molecule has 0 saturated carbocycles. The molecule has 0 radical (unpaired) electrons. The third-order valence-corrected chi connectivity index (χ3v) is 4.80. The molecule has 0 bridgehead atoms. The predicted octanol–water partition coefficient (Wildman–Crippen LogP) is 3.57. The molecule has 1 aromatic carbocycles. The highest BCUT2D eigenvalue weighted by Crippen LogP contribution is 2.29. The van der Waals surface area contributed by atoms with E-state index in [0.717, 1.165) is 39.0 Å². The second-order valence-electron chi connectivity index (χ2n) is 5.53. The highest BCUT2D eigenvalue weighted by molar-refractivity contribution is 7.19. The van der Waals surface area contributed by atoms with E-state index in [9.17, 15) is 4.79 Å². The SMILES string of the molecule is CCc1nnc2sc(-c3ccc(C)c(NC(=O)c4ccco4)c3)nn12. The summed E-state index contributed by atoms with van der Waals surface area (Å²) in [6.45, 7) is 3.96. The number of hydrogen-bond acceptors (Lipinski definition) is 6. The third kappa shape index (κ3) is 2.80. The van der Waals surface area contributed by atoms with Crippen LogP contribution in [0.2, 0.25) is 0 Å². The molecule has 25 heavy (non-hydrogen) atoms. The number of rotatable bonds is 4. The van der Waals surface area contributed by atoms with Crippen LogP contribution in [0.3, 0.4) is 0 Å². The first-order valence-electron chi connectivity index (χ1n) is 7.82. The van der Waals surface area contributed by atoms with Gasteiger partial charge in [0.2, 0.25) is 4.96 Å². The topological polar surface area (TPSA) is 85.3 Å². The first-order valence-corrected chi connectivity index (χ1v) is 8.64. The fourth-order valence-electron chi connectivity index (χ4n) is 2.48. The van der Waals surface area contributed by atoms with Crippen molar-refractivity contribution in [2.45, 2.75) is 20.3 Å². The van der Waals surface area contributed by atoms with Crippen molar-refractivity contribution in [2.24, 2.45) is 0 Å². The lowest BCUT2D eigenvalue weighted by atomic mass is 10.1. The molecule has 0 atom stereocenters. The Bertz CT molecular complexity index is 1050. The maximum absolute atomic E-state index is 12.2. The Balaban J connectivity index is 1.68. The van der Waals surface area contributed by atoms with Crippen molar-refractivity contribution >= 4 is 27.9 Å². The number of anilines is 1. The Kier molecular flexibility index (Phi) is 3.81. The lowest BCUT2D eigenvalue weighted by Crippen LogP contribution is -2.11. The van der Waals surface area contributed by atoms with Crippen LogP contribution in [0.15, 0.2) is 41.0 Å². The molecule has 1 amide bonds. The number of fused-ring (bicyclic) bond motifs is 1. The molecule has 3 aromatic heterocycles. The van der Waals surface area contributed by atoms with Gasteiger partial charge in [0.1, 0.15) is 5.01 Å². The van der Waals surface area contributed by atoms with Crippen LogP contribution in [0.1, 0.15) is 28.9 Å². The number of furan rings is 1. The zero-order valence-corrected chi connectivity index (χ0v) is 14.5. The van der Waals surface area contributed by atoms with E-state index in [2.05, 4.69) is 20.6 Å². The minimum absolute atomic E-state index is 0.274. The molecule has 126 valence electrons. The smallest absolute Gasteiger partial charge is 0.291 e. The normalized spacial score (nSPS) is 11.1. The molecule has 0 spiro atoms. The van der Waals surface area contributed by atoms with Gasteiger partial charge in [-0.1, -0.05) is 30.4 Å². The maximum Gasteiger partial charge on any atom is 0.291 e. The van der Waals surface area contributed by atoms with E-state index < -0.39 is 0 Å². The maximum atomic E-state index is 12.2. The van der Waals surface area contributed by atoms with Gasteiger partial charge in [-0.05, 0) is 30.7 Å². The molecule has 0 aliphatic heterocycles. The molecular formula is C17H15N5O2S. The lowest BCUT2D eigenvalue weighted by Gasteiger charge is -2.08. The Morgan fingerprint density at radius 2 is 2.20 bits per heavy atom. The fraction of sp³-hybridized carbons (Fsp3) is 0.176. The molecule has 1 N–H and O–H groups in total. The van der Waals surface area contributed by atoms with Crippen molar-refractivity contribution in [3.05, 3.63) is 53.7 Å². The van der Waals surface area contributed by atoms with E-state index in [1.54, 1.807) is 16.6 Å². The van der Waals surface area contributed by atoms with Gasteiger partial charge in [0, 0.05) is 17.7 Å². The first-order chi connectivity index (χ1) is 12.2. The minimum Gasteiger partial charge on any atom is -0.459 e. The molecule has 7 nitrogen and oxygen atoms in total.